The zero-order valence-corrected chi connectivity index (χ0v) is 10.6. The lowest BCUT2D eigenvalue weighted by molar-refractivity contribution is 0.383. The molecule has 0 saturated heterocycles. The molecular weight excluding hydrogens is 250 g/mol. The first-order valence-electron chi connectivity index (χ1n) is 5.95. The van der Waals surface area contributed by atoms with Crippen LogP contribution in [0.3, 0.4) is 0 Å². The summed E-state index contributed by atoms with van der Waals surface area (Å²) in [5.41, 5.74) is 7.02. The van der Waals surface area contributed by atoms with Gasteiger partial charge in [0.2, 0.25) is 10.0 Å². The van der Waals surface area contributed by atoms with Crippen molar-refractivity contribution < 1.29 is 8.42 Å². The van der Waals surface area contributed by atoms with E-state index in [1.807, 2.05) is 0 Å². The average molecular weight is 265 g/mol. The van der Waals surface area contributed by atoms with E-state index in [2.05, 4.69) is 9.71 Å². The Labute approximate surface area is 105 Å². The van der Waals surface area contributed by atoms with Crippen LogP contribution >= 0.6 is 0 Å². The predicted molar refractivity (Wildman–Crippen MR) is 70.7 cm³/mol. The van der Waals surface area contributed by atoms with Gasteiger partial charge in [0.1, 0.15) is 4.90 Å². The van der Waals surface area contributed by atoms with Gasteiger partial charge in [0.05, 0.1) is 0 Å². The van der Waals surface area contributed by atoms with Gasteiger partial charge in [-0.2, -0.15) is 0 Å². The summed E-state index contributed by atoms with van der Waals surface area (Å²) in [6.45, 7) is 0. The number of nitrogen functional groups attached to an aromatic ring is 1. The van der Waals surface area contributed by atoms with Crippen LogP contribution in [-0.4, -0.2) is 19.4 Å². The maximum atomic E-state index is 12.2. The van der Waals surface area contributed by atoms with Crippen molar-refractivity contribution in [2.75, 3.05) is 5.73 Å². The molecule has 1 aliphatic carbocycles. The molecule has 0 spiro atoms. The Bertz CT molecular complexity index is 686. The molecule has 3 rings (SSSR count). The van der Waals surface area contributed by atoms with E-state index in [1.165, 1.54) is 6.20 Å². The summed E-state index contributed by atoms with van der Waals surface area (Å²) in [6.07, 6.45) is 4.46. The highest BCUT2D eigenvalue weighted by Gasteiger charge is 2.26. The third-order valence-electron chi connectivity index (χ3n) is 3.38. The highest BCUT2D eigenvalue weighted by molar-refractivity contribution is 7.89. The van der Waals surface area contributed by atoms with Gasteiger partial charge in [-0.3, -0.25) is 0 Å². The molecule has 4 N–H and O–H groups in total. The fourth-order valence-electron chi connectivity index (χ4n) is 2.15. The van der Waals surface area contributed by atoms with Crippen molar-refractivity contribution >= 4 is 26.6 Å². The van der Waals surface area contributed by atoms with E-state index in [-0.39, 0.29) is 6.04 Å². The van der Waals surface area contributed by atoms with Gasteiger partial charge in [0, 0.05) is 28.8 Å². The molecule has 5 nitrogen and oxygen atoms in total. The van der Waals surface area contributed by atoms with Crippen molar-refractivity contribution in [1.82, 2.24) is 9.71 Å². The number of hydrogen-bond acceptors (Lipinski definition) is 3. The molecule has 1 fully saturated rings. The van der Waals surface area contributed by atoms with E-state index in [9.17, 15) is 8.42 Å². The van der Waals surface area contributed by atoms with E-state index >= 15 is 0 Å². The van der Waals surface area contributed by atoms with Crippen molar-refractivity contribution in [2.45, 2.75) is 30.2 Å². The molecule has 0 radical (unpaired) electrons. The number of rotatable bonds is 3. The van der Waals surface area contributed by atoms with E-state index < -0.39 is 10.0 Å². The largest absolute Gasteiger partial charge is 0.399 e. The standard InChI is InChI=1S/C12H15N3O2S/c13-8-4-5-10-11(6-8)14-7-12(10)18(16,17)15-9-2-1-3-9/h4-7,9,14-15H,1-3,13H2. The van der Waals surface area contributed by atoms with Crippen LogP contribution in [0, 0.1) is 0 Å². The van der Waals surface area contributed by atoms with Gasteiger partial charge < -0.3 is 10.7 Å². The lowest BCUT2D eigenvalue weighted by Gasteiger charge is -2.25. The van der Waals surface area contributed by atoms with Gasteiger partial charge in [-0.05, 0) is 31.0 Å². The fourth-order valence-corrected chi connectivity index (χ4v) is 3.63. The Morgan fingerprint density at radius 3 is 2.78 bits per heavy atom. The van der Waals surface area contributed by atoms with Crippen molar-refractivity contribution in [3.05, 3.63) is 24.4 Å². The van der Waals surface area contributed by atoms with E-state index in [0.29, 0.717) is 16.0 Å². The Morgan fingerprint density at radius 1 is 1.33 bits per heavy atom. The van der Waals surface area contributed by atoms with Gasteiger partial charge in [0.15, 0.2) is 0 Å². The summed E-state index contributed by atoms with van der Waals surface area (Å²) in [4.78, 5) is 3.24. The highest BCUT2D eigenvalue weighted by Crippen LogP contribution is 2.26. The van der Waals surface area contributed by atoms with Crippen molar-refractivity contribution in [1.29, 1.82) is 0 Å². The number of sulfonamides is 1. The zero-order valence-electron chi connectivity index (χ0n) is 9.81. The van der Waals surface area contributed by atoms with E-state index in [4.69, 9.17) is 5.73 Å². The first kappa shape index (κ1) is 11.6. The van der Waals surface area contributed by atoms with Crippen LogP contribution in [0.25, 0.3) is 10.9 Å². The molecule has 0 amide bonds. The number of nitrogens with one attached hydrogen (secondary N) is 2. The number of nitrogens with two attached hydrogens (primary N) is 1. The van der Waals surface area contributed by atoms with Gasteiger partial charge in [-0.15, -0.1) is 0 Å². The minimum atomic E-state index is -3.44. The van der Waals surface area contributed by atoms with Crippen LogP contribution in [0.4, 0.5) is 5.69 Å². The van der Waals surface area contributed by atoms with E-state index in [0.717, 1.165) is 24.8 Å². The normalized spacial score (nSPS) is 16.9. The molecule has 0 bridgehead atoms. The number of aromatic nitrogens is 1. The van der Waals surface area contributed by atoms with Crippen molar-refractivity contribution in [2.24, 2.45) is 0 Å². The molecule has 1 heterocycles. The number of anilines is 1. The number of H-pyrrole nitrogens is 1. The maximum absolute atomic E-state index is 12.2. The molecule has 0 unspecified atom stereocenters. The Balaban J connectivity index is 2.02. The van der Waals surface area contributed by atoms with Gasteiger partial charge in [-0.25, -0.2) is 13.1 Å². The summed E-state index contributed by atoms with van der Waals surface area (Å²) in [5, 5.41) is 0.677. The number of hydrogen-bond donors (Lipinski definition) is 3. The predicted octanol–water partition coefficient (Wildman–Crippen LogP) is 1.58. The minimum Gasteiger partial charge on any atom is -0.399 e. The second-order valence-electron chi connectivity index (χ2n) is 4.71. The second-order valence-corrected chi connectivity index (χ2v) is 6.39. The number of fused-ring (bicyclic) bond motifs is 1. The topological polar surface area (TPSA) is 88.0 Å². The van der Waals surface area contributed by atoms with Crippen LogP contribution in [-0.2, 0) is 10.0 Å². The third-order valence-corrected chi connectivity index (χ3v) is 4.94. The summed E-state index contributed by atoms with van der Waals surface area (Å²) < 4.78 is 27.2. The monoisotopic (exact) mass is 265 g/mol. The molecule has 0 aliphatic heterocycles. The van der Waals surface area contributed by atoms with Crippen molar-refractivity contribution in [3.8, 4) is 0 Å². The van der Waals surface area contributed by atoms with Crippen LogP contribution in [0.1, 0.15) is 19.3 Å². The first-order valence-corrected chi connectivity index (χ1v) is 7.43. The first-order chi connectivity index (χ1) is 8.56. The van der Waals surface area contributed by atoms with Gasteiger partial charge in [-0.1, -0.05) is 6.42 Å². The molecule has 1 aliphatic rings. The fraction of sp³-hybridized carbons (Fsp3) is 0.333. The smallest absolute Gasteiger partial charge is 0.242 e. The lowest BCUT2D eigenvalue weighted by atomic mass is 9.94. The summed E-state index contributed by atoms with van der Waals surface area (Å²) >= 11 is 0. The van der Waals surface area contributed by atoms with Crippen LogP contribution in [0.2, 0.25) is 0 Å². The van der Waals surface area contributed by atoms with Gasteiger partial charge in [0.25, 0.3) is 0 Å². The molecule has 6 heteroatoms. The SMILES string of the molecule is Nc1ccc2c(S(=O)(=O)NC3CCC3)c[nH]c2c1. The Kier molecular flexibility index (Phi) is 2.57. The van der Waals surface area contributed by atoms with Crippen molar-refractivity contribution in [3.63, 3.8) is 0 Å². The third kappa shape index (κ3) is 1.87. The quantitative estimate of drug-likeness (QED) is 0.736. The van der Waals surface area contributed by atoms with Crippen LogP contribution < -0.4 is 10.5 Å². The van der Waals surface area contributed by atoms with Crippen LogP contribution in [0.15, 0.2) is 29.3 Å². The van der Waals surface area contributed by atoms with Gasteiger partial charge >= 0.3 is 0 Å². The highest BCUT2D eigenvalue weighted by atomic mass is 32.2. The molecular formula is C12H15N3O2S. The van der Waals surface area contributed by atoms with Crippen LogP contribution in [0.5, 0.6) is 0 Å². The van der Waals surface area contributed by atoms with E-state index in [1.54, 1.807) is 18.2 Å². The molecule has 18 heavy (non-hydrogen) atoms. The molecule has 1 aromatic heterocycles. The molecule has 1 aromatic carbocycles. The molecule has 0 atom stereocenters. The second kappa shape index (κ2) is 4.00. The minimum absolute atomic E-state index is 0.0914. The summed E-state index contributed by atoms with van der Waals surface area (Å²) in [6, 6.07) is 5.26. The number of benzene rings is 1. The molecule has 2 aromatic rings. The average Bonchev–Trinajstić information content (AvgIpc) is 2.67. The Hall–Kier alpha value is -1.53. The Morgan fingerprint density at radius 2 is 2.11 bits per heavy atom. The number of aromatic amines is 1. The lowest BCUT2D eigenvalue weighted by Crippen LogP contribution is -2.39. The molecule has 96 valence electrons. The molecule has 1 saturated carbocycles. The summed E-state index contributed by atoms with van der Waals surface area (Å²) in [5.74, 6) is 0. The summed E-state index contributed by atoms with van der Waals surface area (Å²) in [7, 11) is -3.44. The zero-order chi connectivity index (χ0) is 12.8. The maximum Gasteiger partial charge on any atom is 0.242 e.